The minimum absolute atomic E-state index is 0.444. The fourth-order valence-electron chi connectivity index (χ4n) is 2.89. The highest BCUT2D eigenvalue weighted by atomic mass is 15.1. The van der Waals surface area contributed by atoms with Crippen LogP contribution in [0.5, 0.6) is 0 Å². The first-order chi connectivity index (χ1) is 8.69. The third-order valence-corrected chi connectivity index (χ3v) is 4.17. The number of nitrogens with two attached hydrogens (primary N) is 1. The molecule has 1 fully saturated rings. The average Bonchev–Trinajstić information content (AvgIpc) is 2.39. The van der Waals surface area contributed by atoms with E-state index >= 15 is 0 Å². The van der Waals surface area contributed by atoms with Crippen LogP contribution in [0.15, 0.2) is 24.3 Å². The van der Waals surface area contributed by atoms with Crippen LogP contribution >= 0.6 is 0 Å². The lowest BCUT2D eigenvalue weighted by atomic mass is 9.90. The number of nitrogens with zero attached hydrogens (tertiary/aromatic N) is 1. The van der Waals surface area contributed by atoms with Gasteiger partial charge in [0.2, 0.25) is 0 Å². The van der Waals surface area contributed by atoms with Crippen LogP contribution in [0.2, 0.25) is 0 Å². The average molecular weight is 246 g/mol. The smallest absolute Gasteiger partial charge is 0.0236 e. The Hall–Kier alpha value is -0.860. The monoisotopic (exact) mass is 246 g/mol. The van der Waals surface area contributed by atoms with E-state index in [2.05, 4.69) is 43.0 Å². The summed E-state index contributed by atoms with van der Waals surface area (Å²) in [7, 11) is 0. The Bertz CT molecular complexity index is 350. The fraction of sp³-hybridized carbons (Fsp3) is 0.625. The Kier molecular flexibility index (Phi) is 4.79. The highest BCUT2D eigenvalue weighted by Crippen LogP contribution is 2.23. The summed E-state index contributed by atoms with van der Waals surface area (Å²) in [5.74, 6) is 0. The molecule has 0 heterocycles. The van der Waals surface area contributed by atoms with E-state index in [0.717, 1.165) is 19.1 Å². The zero-order chi connectivity index (χ0) is 13.0. The third-order valence-electron chi connectivity index (χ3n) is 4.17. The van der Waals surface area contributed by atoms with Gasteiger partial charge in [0.15, 0.2) is 0 Å². The summed E-state index contributed by atoms with van der Waals surface area (Å²) in [4.78, 5) is 2.61. The molecule has 0 aliphatic heterocycles. The summed E-state index contributed by atoms with van der Waals surface area (Å²) >= 11 is 0. The molecule has 2 heteroatoms. The second-order valence-corrected chi connectivity index (χ2v) is 5.62. The molecular weight excluding hydrogens is 220 g/mol. The number of hydrogen-bond acceptors (Lipinski definition) is 2. The van der Waals surface area contributed by atoms with Crippen LogP contribution in [0, 0.1) is 6.92 Å². The van der Waals surface area contributed by atoms with Gasteiger partial charge < -0.3 is 5.73 Å². The van der Waals surface area contributed by atoms with Crippen molar-refractivity contribution in [2.75, 3.05) is 6.54 Å². The van der Waals surface area contributed by atoms with Gasteiger partial charge in [0.25, 0.3) is 0 Å². The summed E-state index contributed by atoms with van der Waals surface area (Å²) in [6, 6.07) is 10.1. The lowest BCUT2D eigenvalue weighted by Gasteiger charge is -2.35. The van der Waals surface area contributed by atoms with E-state index in [1.165, 1.54) is 36.8 Å². The Morgan fingerprint density at radius 3 is 2.28 bits per heavy atom. The number of rotatable bonds is 4. The van der Waals surface area contributed by atoms with Crippen molar-refractivity contribution in [2.45, 2.75) is 58.2 Å². The molecule has 1 aliphatic rings. The summed E-state index contributed by atoms with van der Waals surface area (Å²) in [5, 5.41) is 0. The molecule has 1 aliphatic carbocycles. The summed E-state index contributed by atoms with van der Waals surface area (Å²) < 4.78 is 0. The zero-order valence-corrected chi connectivity index (χ0v) is 11.7. The van der Waals surface area contributed by atoms with Crippen molar-refractivity contribution in [1.29, 1.82) is 0 Å². The van der Waals surface area contributed by atoms with E-state index in [9.17, 15) is 0 Å². The van der Waals surface area contributed by atoms with Crippen molar-refractivity contribution in [3.05, 3.63) is 35.4 Å². The summed E-state index contributed by atoms with van der Waals surface area (Å²) in [6.45, 7) is 6.62. The minimum Gasteiger partial charge on any atom is -0.328 e. The molecule has 2 nitrogen and oxygen atoms in total. The SMILES string of the molecule is CCN(Cc1ccc(C)cc1)C1CCC(N)CC1. The Morgan fingerprint density at radius 2 is 1.72 bits per heavy atom. The van der Waals surface area contributed by atoms with Crippen molar-refractivity contribution < 1.29 is 0 Å². The van der Waals surface area contributed by atoms with Crippen molar-refractivity contribution in [1.82, 2.24) is 4.90 Å². The number of aryl methyl sites for hydroxylation is 1. The maximum Gasteiger partial charge on any atom is 0.0236 e. The van der Waals surface area contributed by atoms with Crippen LogP contribution in [0.4, 0.5) is 0 Å². The second-order valence-electron chi connectivity index (χ2n) is 5.62. The molecule has 1 saturated carbocycles. The van der Waals surface area contributed by atoms with E-state index in [4.69, 9.17) is 5.73 Å². The van der Waals surface area contributed by atoms with Crippen LogP contribution in [-0.4, -0.2) is 23.5 Å². The van der Waals surface area contributed by atoms with Crippen molar-refractivity contribution >= 4 is 0 Å². The minimum atomic E-state index is 0.444. The molecule has 18 heavy (non-hydrogen) atoms. The van der Waals surface area contributed by atoms with Crippen LogP contribution in [0.25, 0.3) is 0 Å². The first-order valence-corrected chi connectivity index (χ1v) is 7.24. The van der Waals surface area contributed by atoms with Crippen molar-refractivity contribution in [2.24, 2.45) is 5.73 Å². The fourth-order valence-corrected chi connectivity index (χ4v) is 2.89. The third kappa shape index (κ3) is 3.56. The molecule has 2 rings (SSSR count). The maximum absolute atomic E-state index is 5.99. The van der Waals surface area contributed by atoms with Gasteiger partial charge >= 0.3 is 0 Å². The van der Waals surface area contributed by atoms with Gasteiger partial charge in [0.1, 0.15) is 0 Å². The van der Waals surface area contributed by atoms with E-state index in [1.54, 1.807) is 0 Å². The molecule has 2 N–H and O–H groups in total. The van der Waals surface area contributed by atoms with Crippen LogP contribution in [-0.2, 0) is 6.54 Å². The first kappa shape index (κ1) is 13.6. The Morgan fingerprint density at radius 1 is 1.11 bits per heavy atom. The van der Waals surface area contributed by atoms with Crippen molar-refractivity contribution in [3.8, 4) is 0 Å². The maximum atomic E-state index is 5.99. The molecule has 0 unspecified atom stereocenters. The second kappa shape index (κ2) is 6.35. The Balaban J connectivity index is 1.94. The zero-order valence-electron chi connectivity index (χ0n) is 11.7. The molecule has 0 radical (unpaired) electrons. The molecular formula is C16H26N2. The largest absolute Gasteiger partial charge is 0.328 e. The summed E-state index contributed by atoms with van der Waals surface area (Å²) in [6.07, 6.45) is 4.91. The number of hydrogen-bond donors (Lipinski definition) is 1. The van der Waals surface area contributed by atoms with Gasteiger partial charge in [0, 0.05) is 18.6 Å². The predicted octanol–water partition coefficient (Wildman–Crippen LogP) is 3.09. The highest BCUT2D eigenvalue weighted by Gasteiger charge is 2.23. The van der Waals surface area contributed by atoms with E-state index in [1.807, 2.05) is 0 Å². The molecule has 100 valence electrons. The molecule has 0 aromatic heterocycles. The molecule has 1 aromatic rings. The van der Waals surface area contributed by atoms with Gasteiger partial charge in [-0.25, -0.2) is 0 Å². The van der Waals surface area contributed by atoms with Crippen molar-refractivity contribution in [3.63, 3.8) is 0 Å². The van der Waals surface area contributed by atoms with Gasteiger partial charge in [-0.05, 0) is 44.7 Å². The van der Waals surface area contributed by atoms with Crippen LogP contribution in [0.1, 0.15) is 43.7 Å². The summed E-state index contributed by atoms with van der Waals surface area (Å²) in [5.41, 5.74) is 8.76. The van der Waals surface area contributed by atoms with Gasteiger partial charge in [-0.3, -0.25) is 4.90 Å². The Labute approximate surface area is 111 Å². The van der Waals surface area contributed by atoms with E-state index < -0.39 is 0 Å². The van der Waals surface area contributed by atoms with Crippen LogP contribution in [0.3, 0.4) is 0 Å². The highest BCUT2D eigenvalue weighted by molar-refractivity contribution is 5.21. The van der Waals surface area contributed by atoms with Gasteiger partial charge in [-0.2, -0.15) is 0 Å². The molecule has 0 bridgehead atoms. The van der Waals surface area contributed by atoms with Crippen LogP contribution < -0.4 is 5.73 Å². The van der Waals surface area contributed by atoms with Gasteiger partial charge in [0.05, 0.1) is 0 Å². The normalized spacial score (nSPS) is 24.4. The van der Waals surface area contributed by atoms with E-state index in [0.29, 0.717) is 6.04 Å². The predicted molar refractivity (Wildman–Crippen MR) is 77.5 cm³/mol. The molecule has 0 spiro atoms. The quantitative estimate of drug-likeness (QED) is 0.884. The molecule has 0 saturated heterocycles. The molecule has 0 amide bonds. The van der Waals surface area contributed by atoms with E-state index in [-0.39, 0.29) is 0 Å². The lowest BCUT2D eigenvalue weighted by molar-refractivity contribution is 0.149. The topological polar surface area (TPSA) is 29.3 Å². The van der Waals surface area contributed by atoms with Gasteiger partial charge in [-0.1, -0.05) is 36.8 Å². The molecule has 0 atom stereocenters. The lowest BCUT2D eigenvalue weighted by Crippen LogP contribution is -2.40. The first-order valence-electron chi connectivity index (χ1n) is 7.24. The van der Waals surface area contributed by atoms with Gasteiger partial charge in [-0.15, -0.1) is 0 Å². The number of benzene rings is 1. The standard InChI is InChI=1S/C16H26N2/c1-3-18(16-10-8-15(17)9-11-16)12-14-6-4-13(2)5-7-14/h4-7,15-16H,3,8-12,17H2,1-2H3. The molecule has 1 aromatic carbocycles.